The van der Waals surface area contributed by atoms with Gasteiger partial charge in [0.2, 0.25) is 5.91 Å². The van der Waals surface area contributed by atoms with E-state index in [2.05, 4.69) is 5.32 Å². The molecule has 1 fully saturated rings. The third-order valence-corrected chi connectivity index (χ3v) is 4.93. The molecular weight excluding hydrogens is 268 g/mol. The number of carbonyl (C=O) groups is 1. The first-order valence-electron chi connectivity index (χ1n) is 6.76. The summed E-state index contributed by atoms with van der Waals surface area (Å²) >= 11 is 0. The third kappa shape index (κ3) is 5.88. The van der Waals surface area contributed by atoms with E-state index in [1.807, 2.05) is 6.92 Å². The molecule has 0 bridgehead atoms. The molecule has 19 heavy (non-hydrogen) atoms. The zero-order chi connectivity index (χ0) is 14.3. The van der Waals surface area contributed by atoms with Crippen LogP contribution in [0.25, 0.3) is 0 Å². The summed E-state index contributed by atoms with van der Waals surface area (Å²) in [4.78, 5) is 13.8. The Bertz CT molecular complexity index is 377. The molecule has 0 saturated carbocycles. The van der Waals surface area contributed by atoms with Crippen molar-refractivity contribution >= 4 is 15.7 Å². The van der Waals surface area contributed by atoms with Gasteiger partial charge in [-0.15, -0.1) is 0 Å². The summed E-state index contributed by atoms with van der Waals surface area (Å²) in [6.07, 6.45) is 0.630. The van der Waals surface area contributed by atoms with Crippen molar-refractivity contribution in [1.29, 1.82) is 0 Å². The number of ether oxygens (including phenoxy) is 1. The number of hydrogen-bond acceptors (Lipinski definition) is 5. The molecule has 0 aromatic heterocycles. The van der Waals surface area contributed by atoms with Crippen molar-refractivity contribution < 1.29 is 17.9 Å². The smallest absolute Gasteiger partial charge is 0.239 e. The van der Waals surface area contributed by atoms with E-state index < -0.39 is 9.84 Å². The predicted molar refractivity (Wildman–Crippen MR) is 73.8 cm³/mol. The fourth-order valence-electron chi connectivity index (χ4n) is 1.99. The highest BCUT2D eigenvalue weighted by atomic mass is 32.2. The van der Waals surface area contributed by atoms with E-state index in [9.17, 15) is 13.2 Å². The monoisotopic (exact) mass is 292 g/mol. The molecule has 1 atom stereocenters. The molecule has 1 aliphatic heterocycles. The Labute approximate surface area is 115 Å². The van der Waals surface area contributed by atoms with Crippen molar-refractivity contribution in [1.82, 2.24) is 10.2 Å². The van der Waals surface area contributed by atoms with Crippen LogP contribution in [0.4, 0.5) is 0 Å². The molecule has 1 N–H and O–H groups in total. The first-order valence-corrected chi connectivity index (χ1v) is 8.58. The van der Waals surface area contributed by atoms with Crippen molar-refractivity contribution in [3.8, 4) is 0 Å². The first kappa shape index (κ1) is 16.4. The Morgan fingerprint density at radius 2 is 1.95 bits per heavy atom. The van der Waals surface area contributed by atoms with Gasteiger partial charge >= 0.3 is 0 Å². The fraction of sp³-hybridized carbons (Fsp3) is 0.917. The number of morpholine rings is 1. The van der Waals surface area contributed by atoms with Crippen LogP contribution in [0.5, 0.6) is 0 Å². The van der Waals surface area contributed by atoms with Gasteiger partial charge in [0, 0.05) is 25.4 Å². The molecule has 1 unspecified atom stereocenters. The number of sulfone groups is 1. The Kier molecular flexibility index (Phi) is 6.74. The average molecular weight is 292 g/mol. The van der Waals surface area contributed by atoms with Gasteiger partial charge in [-0.05, 0) is 13.3 Å². The Hall–Kier alpha value is -0.660. The molecule has 1 heterocycles. The minimum absolute atomic E-state index is 0.0104. The number of nitrogens with zero attached hydrogens (tertiary/aromatic N) is 1. The molecule has 0 aliphatic carbocycles. The van der Waals surface area contributed by atoms with Gasteiger partial charge in [-0.25, -0.2) is 8.42 Å². The summed E-state index contributed by atoms with van der Waals surface area (Å²) in [5.74, 6) is 0.304. The summed E-state index contributed by atoms with van der Waals surface area (Å²) < 4.78 is 28.3. The van der Waals surface area contributed by atoms with Crippen molar-refractivity contribution in [2.75, 3.05) is 44.4 Å². The lowest BCUT2D eigenvalue weighted by atomic mass is 10.2. The quantitative estimate of drug-likeness (QED) is 0.694. The molecule has 6 nitrogen and oxygen atoms in total. The average Bonchev–Trinajstić information content (AvgIpc) is 2.38. The molecule has 112 valence electrons. The minimum atomic E-state index is -2.99. The number of rotatable bonds is 7. The summed E-state index contributed by atoms with van der Waals surface area (Å²) in [7, 11) is -2.99. The molecular formula is C12H24N2O4S. The summed E-state index contributed by atoms with van der Waals surface area (Å²) in [6, 6.07) is -0.352. The van der Waals surface area contributed by atoms with E-state index in [1.54, 1.807) is 11.8 Å². The molecule has 1 saturated heterocycles. The second-order valence-electron chi connectivity index (χ2n) is 4.77. The van der Waals surface area contributed by atoms with E-state index >= 15 is 0 Å². The highest BCUT2D eigenvalue weighted by Crippen LogP contribution is 2.01. The molecule has 1 aliphatic rings. The lowest BCUT2D eigenvalue weighted by molar-refractivity contribution is -0.137. The zero-order valence-electron chi connectivity index (χ0n) is 11.7. The van der Waals surface area contributed by atoms with Crippen molar-refractivity contribution in [3.63, 3.8) is 0 Å². The number of carbonyl (C=O) groups excluding carboxylic acids is 1. The molecule has 0 spiro atoms. The van der Waals surface area contributed by atoms with E-state index in [-0.39, 0.29) is 23.5 Å². The van der Waals surface area contributed by atoms with Gasteiger partial charge in [-0.3, -0.25) is 4.79 Å². The molecule has 1 rings (SSSR count). The van der Waals surface area contributed by atoms with E-state index in [0.717, 1.165) is 0 Å². The first-order chi connectivity index (χ1) is 8.96. The van der Waals surface area contributed by atoms with E-state index in [1.165, 1.54) is 0 Å². The van der Waals surface area contributed by atoms with Crippen LogP contribution in [0, 0.1) is 0 Å². The summed E-state index contributed by atoms with van der Waals surface area (Å²) in [5, 5.41) is 2.98. The van der Waals surface area contributed by atoms with Crippen LogP contribution in [0.1, 0.15) is 20.3 Å². The molecule has 7 heteroatoms. The molecule has 0 aromatic rings. The predicted octanol–water partition coefficient (Wildman–Crippen LogP) is -0.352. The second-order valence-corrected chi connectivity index (χ2v) is 7.07. The van der Waals surface area contributed by atoms with Crippen molar-refractivity contribution in [2.45, 2.75) is 26.3 Å². The van der Waals surface area contributed by atoms with Crippen LogP contribution < -0.4 is 5.32 Å². The van der Waals surface area contributed by atoms with Gasteiger partial charge in [-0.1, -0.05) is 6.92 Å². The SMILES string of the molecule is CCCS(=O)(=O)CCNC(C)C(=O)N1CCOCC1. The number of nitrogens with one attached hydrogen (secondary N) is 1. The number of amides is 1. The number of hydrogen-bond donors (Lipinski definition) is 1. The maximum Gasteiger partial charge on any atom is 0.239 e. The van der Waals surface area contributed by atoms with Crippen LogP contribution in [0.3, 0.4) is 0 Å². The van der Waals surface area contributed by atoms with Crippen molar-refractivity contribution in [3.05, 3.63) is 0 Å². The second kappa shape index (κ2) is 7.81. The van der Waals surface area contributed by atoms with Gasteiger partial charge in [0.1, 0.15) is 0 Å². The van der Waals surface area contributed by atoms with Gasteiger partial charge in [0.05, 0.1) is 25.0 Å². The lowest BCUT2D eigenvalue weighted by Gasteiger charge is -2.29. The Morgan fingerprint density at radius 3 is 2.53 bits per heavy atom. The van der Waals surface area contributed by atoms with Gasteiger partial charge in [0.25, 0.3) is 0 Å². The molecule has 0 radical (unpaired) electrons. The van der Waals surface area contributed by atoms with Crippen LogP contribution in [-0.4, -0.2) is 69.6 Å². The van der Waals surface area contributed by atoms with Crippen LogP contribution in [0.2, 0.25) is 0 Å². The van der Waals surface area contributed by atoms with E-state index in [0.29, 0.717) is 39.3 Å². The van der Waals surface area contributed by atoms with Crippen molar-refractivity contribution in [2.24, 2.45) is 0 Å². The third-order valence-electron chi connectivity index (χ3n) is 3.07. The minimum Gasteiger partial charge on any atom is -0.378 e. The maximum absolute atomic E-state index is 12.0. The molecule has 1 amide bonds. The van der Waals surface area contributed by atoms with Crippen LogP contribution in [-0.2, 0) is 19.4 Å². The Balaban J connectivity index is 2.30. The van der Waals surface area contributed by atoms with Gasteiger partial charge in [-0.2, -0.15) is 0 Å². The highest BCUT2D eigenvalue weighted by molar-refractivity contribution is 7.91. The molecule has 0 aromatic carbocycles. The standard InChI is InChI=1S/C12H24N2O4S/c1-3-9-19(16,17)10-4-13-11(2)12(15)14-5-7-18-8-6-14/h11,13H,3-10H2,1-2H3. The summed E-state index contributed by atoms with van der Waals surface area (Å²) in [6.45, 7) is 6.30. The normalized spacial score (nSPS) is 18.3. The van der Waals surface area contributed by atoms with Gasteiger partial charge in [0.15, 0.2) is 9.84 Å². The Morgan fingerprint density at radius 1 is 1.32 bits per heavy atom. The zero-order valence-corrected chi connectivity index (χ0v) is 12.5. The summed E-state index contributed by atoms with van der Waals surface area (Å²) in [5.41, 5.74) is 0. The highest BCUT2D eigenvalue weighted by Gasteiger charge is 2.22. The largest absolute Gasteiger partial charge is 0.378 e. The van der Waals surface area contributed by atoms with Gasteiger partial charge < -0.3 is 15.0 Å². The lowest BCUT2D eigenvalue weighted by Crippen LogP contribution is -2.49. The van der Waals surface area contributed by atoms with Crippen LogP contribution in [0.15, 0.2) is 0 Å². The fourth-order valence-corrected chi connectivity index (χ4v) is 3.24. The maximum atomic E-state index is 12.0. The van der Waals surface area contributed by atoms with E-state index in [4.69, 9.17) is 4.74 Å². The topological polar surface area (TPSA) is 75.7 Å². The van der Waals surface area contributed by atoms with Crippen LogP contribution >= 0.6 is 0 Å².